The number of piperazine rings is 1. The number of carbonyl (C=O) groups excluding carboxylic acids is 2. The minimum atomic E-state index is -0.151. The van der Waals surface area contributed by atoms with Crippen molar-refractivity contribution in [3.63, 3.8) is 0 Å². The first-order chi connectivity index (χ1) is 18.4. The van der Waals surface area contributed by atoms with Crippen LogP contribution >= 0.6 is 22.9 Å². The third-order valence-electron chi connectivity index (χ3n) is 7.06. The van der Waals surface area contributed by atoms with Crippen molar-refractivity contribution in [2.75, 3.05) is 38.5 Å². The van der Waals surface area contributed by atoms with Crippen molar-refractivity contribution in [1.82, 2.24) is 24.6 Å². The second kappa shape index (κ2) is 9.98. The molecule has 1 N–H and O–H groups in total. The van der Waals surface area contributed by atoms with Crippen molar-refractivity contribution in [3.05, 3.63) is 70.4 Å². The highest BCUT2D eigenvalue weighted by Crippen LogP contribution is 2.44. The van der Waals surface area contributed by atoms with Crippen molar-refractivity contribution in [1.29, 1.82) is 0 Å². The monoisotopic (exact) mass is 546 g/mol. The third kappa shape index (κ3) is 4.51. The topological polar surface area (TPSA) is 83.4 Å². The van der Waals surface area contributed by atoms with Crippen LogP contribution in [0.4, 0.5) is 5.13 Å². The fraction of sp³-hybridized carbons (Fsp3) is 0.286. The lowest BCUT2D eigenvalue weighted by Gasteiger charge is -2.32. The molecule has 0 radical (unpaired) electrons. The van der Waals surface area contributed by atoms with Gasteiger partial charge in [0.15, 0.2) is 5.13 Å². The van der Waals surface area contributed by atoms with Crippen molar-refractivity contribution in [2.24, 2.45) is 0 Å². The van der Waals surface area contributed by atoms with E-state index in [1.165, 1.54) is 18.3 Å². The number of hydrogen-bond acceptors (Lipinski definition) is 6. The van der Waals surface area contributed by atoms with Gasteiger partial charge in [-0.25, -0.2) is 9.67 Å². The highest BCUT2D eigenvalue weighted by atomic mass is 35.5. The van der Waals surface area contributed by atoms with Crippen molar-refractivity contribution in [3.8, 4) is 27.5 Å². The Labute approximate surface area is 229 Å². The second-order valence-corrected chi connectivity index (χ2v) is 11.1. The number of thiazole rings is 1. The summed E-state index contributed by atoms with van der Waals surface area (Å²) in [6.07, 6.45) is 1.55. The van der Waals surface area contributed by atoms with E-state index in [0.29, 0.717) is 28.8 Å². The van der Waals surface area contributed by atoms with Gasteiger partial charge in [-0.05, 0) is 38.1 Å². The van der Waals surface area contributed by atoms with E-state index in [1.807, 2.05) is 39.9 Å². The number of likely N-dealkylation sites (N-methyl/N-ethyl adjacent to an activating group) is 1. The molecule has 2 amide bonds. The Morgan fingerprint density at radius 2 is 1.79 bits per heavy atom. The summed E-state index contributed by atoms with van der Waals surface area (Å²) in [4.78, 5) is 34.6. The van der Waals surface area contributed by atoms with Gasteiger partial charge >= 0.3 is 0 Å². The van der Waals surface area contributed by atoms with Crippen LogP contribution in [0.2, 0.25) is 5.02 Å². The Bertz CT molecular complexity index is 1540. The molecule has 6 rings (SSSR count). The molecule has 3 heterocycles. The summed E-state index contributed by atoms with van der Waals surface area (Å²) in [6, 6.07) is 15.6. The molecule has 4 aromatic rings. The van der Waals surface area contributed by atoms with Gasteiger partial charge in [0, 0.05) is 44.2 Å². The molecule has 1 saturated heterocycles. The molecular weight excluding hydrogens is 520 g/mol. The molecule has 194 valence electrons. The van der Waals surface area contributed by atoms with Crippen LogP contribution in [-0.2, 0) is 17.6 Å². The second-order valence-electron chi connectivity index (χ2n) is 9.69. The van der Waals surface area contributed by atoms with E-state index in [1.54, 1.807) is 6.07 Å². The number of aromatic nitrogens is 3. The highest BCUT2D eigenvalue weighted by Gasteiger charge is 2.30. The first-order valence-electron chi connectivity index (χ1n) is 12.6. The number of nitrogens with zero attached hydrogens (tertiary/aromatic N) is 5. The van der Waals surface area contributed by atoms with E-state index in [2.05, 4.69) is 34.4 Å². The first-order valence-corrected chi connectivity index (χ1v) is 13.8. The van der Waals surface area contributed by atoms with Crippen LogP contribution in [0.3, 0.4) is 0 Å². The molecule has 38 heavy (non-hydrogen) atoms. The van der Waals surface area contributed by atoms with E-state index in [9.17, 15) is 9.59 Å². The Hall–Kier alpha value is -3.53. The number of amides is 2. The molecule has 1 aliphatic heterocycles. The normalized spacial score (nSPS) is 15.2. The molecule has 1 aliphatic carbocycles. The van der Waals surface area contributed by atoms with Gasteiger partial charge in [-0.15, -0.1) is 0 Å². The van der Waals surface area contributed by atoms with Gasteiger partial charge in [-0.1, -0.05) is 53.3 Å². The highest BCUT2D eigenvalue weighted by molar-refractivity contribution is 7.19. The maximum atomic E-state index is 13.2. The maximum Gasteiger partial charge on any atom is 0.255 e. The lowest BCUT2D eigenvalue weighted by atomic mass is 9.95. The molecule has 0 spiro atoms. The van der Waals surface area contributed by atoms with E-state index in [4.69, 9.17) is 16.7 Å². The Kier molecular flexibility index (Phi) is 6.51. The van der Waals surface area contributed by atoms with Gasteiger partial charge in [-0.2, -0.15) is 5.10 Å². The predicted molar refractivity (Wildman–Crippen MR) is 150 cm³/mol. The van der Waals surface area contributed by atoms with Crippen molar-refractivity contribution in [2.45, 2.75) is 19.8 Å². The average molecular weight is 547 g/mol. The number of nitrogens with one attached hydrogen (secondary N) is 1. The van der Waals surface area contributed by atoms with Crippen molar-refractivity contribution >= 4 is 39.9 Å². The predicted octanol–water partition coefficient (Wildman–Crippen LogP) is 4.76. The van der Waals surface area contributed by atoms with E-state index >= 15 is 0 Å². The molecule has 0 unspecified atom stereocenters. The fourth-order valence-corrected chi connectivity index (χ4v) is 6.45. The molecule has 0 saturated carbocycles. The lowest BCUT2D eigenvalue weighted by Crippen LogP contribution is -2.47. The number of rotatable bonds is 4. The lowest BCUT2D eigenvalue weighted by molar-refractivity contribution is -0.114. The zero-order valence-corrected chi connectivity index (χ0v) is 22.8. The average Bonchev–Trinajstić information content (AvgIpc) is 3.50. The molecular formula is C28H27ClN6O2S. The van der Waals surface area contributed by atoms with Crippen LogP contribution in [0.15, 0.2) is 48.5 Å². The maximum absolute atomic E-state index is 13.2. The SMILES string of the molecule is CC(=O)Nc1nc2c(s1)-c1c(c(-c3ccccc3)nn1-c1ccc(C(=O)N3CCN(C)CC3)c(Cl)c1)CC2. The van der Waals surface area contributed by atoms with Gasteiger partial charge in [0.25, 0.3) is 5.91 Å². The first kappa shape index (κ1) is 24.8. The molecule has 0 bridgehead atoms. The summed E-state index contributed by atoms with van der Waals surface area (Å²) >= 11 is 8.19. The quantitative estimate of drug-likeness (QED) is 0.399. The van der Waals surface area contributed by atoms with Gasteiger partial charge in [0.1, 0.15) is 0 Å². The Morgan fingerprint density at radius 3 is 2.50 bits per heavy atom. The summed E-state index contributed by atoms with van der Waals surface area (Å²) < 4.78 is 1.90. The minimum Gasteiger partial charge on any atom is -0.336 e. The summed E-state index contributed by atoms with van der Waals surface area (Å²) in [5.41, 5.74) is 6.24. The molecule has 10 heteroatoms. The number of fused-ring (bicyclic) bond motifs is 3. The smallest absolute Gasteiger partial charge is 0.255 e. The zero-order chi connectivity index (χ0) is 26.4. The summed E-state index contributed by atoms with van der Waals surface area (Å²) in [5.74, 6) is -0.200. The van der Waals surface area contributed by atoms with Crippen LogP contribution in [-0.4, -0.2) is 69.6 Å². The number of aryl methyl sites for hydroxylation is 1. The van der Waals surface area contributed by atoms with Crippen LogP contribution in [0.25, 0.3) is 27.5 Å². The van der Waals surface area contributed by atoms with Crippen LogP contribution < -0.4 is 5.32 Å². The van der Waals surface area contributed by atoms with Crippen LogP contribution in [0, 0.1) is 0 Å². The number of halogens is 1. The zero-order valence-electron chi connectivity index (χ0n) is 21.2. The molecule has 2 aliphatic rings. The molecule has 8 nitrogen and oxygen atoms in total. The van der Waals surface area contributed by atoms with E-state index in [0.717, 1.165) is 64.7 Å². The van der Waals surface area contributed by atoms with E-state index < -0.39 is 0 Å². The Morgan fingerprint density at radius 1 is 1.03 bits per heavy atom. The molecule has 2 aromatic carbocycles. The van der Waals surface area contributed by atoms with Gasteiger partial charge in [0.2, 0.25) is 5.91 Å². The van der Waals surface area contributed by atoms with Gasteiger partial charge in [-0.3, -0.25) is 9.59 Å². The summed E-state index contributed by atoms with van der Waals surface area (Å²) in [5, 5.41) is 8.87. The summed E-state index contributed by atoms with van der Waals surface area (Å²) in [7, 11) is 2.06. The molecule has 2 aromatic heterocycles. The number of carbonyl (C=O) groups is 2. The van der Waals surface area contributed by atoms with Crippen LogP contribution in [0.1, 0.15) is 28.5 Å². The molecule has 1 fully saturated rings. The minimum absolute atomic E-state index is 0.0492. The van der Waals surface area contributed by atoms with Gasteiger partial charge < -0.3 is 15.1 Å². The fourth-order valence-electron chi connectivity index (χ4n) is 5.08. The van der Waals surface area contributed by atoms with Crippen LogP contribution in [0.5, 0.6) is 0 Å². The standard InChI is InChI=1S/C28H27ClN6O2S/c1-17(36)30-28-31-23-11-10-21-24(18-6-4-3-5-7-18)32-35(25(21)26(23)38-28)19-8-9-20(22(29)16-19)27(37)34-14-12-33(2)13-15-34/h3-9,16H,10-15H2,1-2H3,(H,30,31,36). The molecule has 0 atom stereocenters. The Balaban J connectivity index is 1.44. The number of anilines is 1. The summed E-state index contributed by atoms with van der Waals surface area (Å²) in [6.45, 7) is 4.55. The number of benzene rings is 2. The van der Waals surface area contributed by atoms with E-state index in [-0.39, 0.29) is 11.8 Å². The van der Waals surface area contributed by atoms with Gasteiger partial charge in [0.05, 0.1) is 38.2 Å². The number of hydrogen-bond donors (Lipinski definition) is 1. The third-order valence-corrected chi connectivity index (χ3v) is 8.39. The van der Waals surface area contributed by atoms with Crippen molar-refractivity contribution < 1.29 is 9.59 Å². The largest absolute Gasteiger partial charge is 0.336 e.